The summed E-state index contributed by atoms with van der Waals surface area (Å²) >= 11 is 0. The molecule has 1 aliphatic rings. The van der Waals surface area contributed by atoms with Crippen LogP contribution in [0.5, 0.6) is 0 Å². The van der Waals surface area contributed by atoms with Crippen molar-refractivity contribution < 1.29 is 0 Å². The second-order valence-electron chi connectivity index (χ2n) is 3.86. The van der Waals surface area contributed by atoms with E-state index in [9.17, 15) is 0 Å². The maximum Gasteiger partial charge on any atom is 0.0219 e. The highest BCUT2D eigenvalue weighted by Gasteiger charge is 2.22. The maximum atomic E-state index is 5.93. The van der Waals surface area contributed by atoms with Crippen LogP contribution in [0.1, 0.15) is 45.4 Å². The van der Waals surface area contributed by atoms with E-state index in [0.717, 1.165) is 6.54 Å². The van der Waals surface area contributed by atoms with Gasteiger partial charge in [-0.1, -0.05) is 26.2 Å². The fourth-order valence-corrected chi connectivity index (χ4v) is 1.90. The van der Waals surface area contributed by atoms with Crippen molar-refractivity contribution >= 4 is 0 Å². The highest BCUT2D eigenvalue weighted by Crippen LogP contribution is 2.16. The molecule has 0 aliphatic heterocycles. The predicted molar refractivity (Wildman–Crippen MR) is 53.1 cm³/mol. The number of unbranched alkanes of at least 4 members (excludes halogenated alkanes) is 2. The number of hydrogen-bond donors (Lipinski definition) is 2. The maximum absolute atomic E-state index is 5.93. The fourth-order valence-electron chi connectivity index (χ4n) is 1.90. The molecular formula is C10H22N2. The van der Waals surface area contributed by atoms with Gasteiger partial charge in [0.2, 0.25) is 0 Å². The molecule has 2 nitrogen and oxygen atoms in total. The topological polar surface area (TPSA) is 38.0 Å². The van der Waals surface area contributed by atoms with Crippen molar-refractivity contribution in [3.63, 3.8) is 0 Å². The van der Waals surface area contributed by atoms with Crippen molar-refractivity contribution in [2.45, 2.75) is 57.5 Å². The van der Waals surface area contributed by atoms with Crippen LogP contribution in [-0.2, 0) is 0 Å². The van der Waals surface area contributed by atoms with Crippen molar-refractivity contribution in [3.05, 3.63) is 0 Å². The number of hydrogen-bond acceptors (Lipinski definition) is 2. The molecule has 2 atom stereocenters. The van der Waals surface area contributed by atoms with Crippen LogP contribution in [0.4, 0.5) is 0 Å². The first kappa shape index (κ1) is 10.0. The molecule has 2 heteroatoms. The highest BCUT2D eigenvalue weighted by molar-refractivity contribution is 4.85. The predicted octanol–water partition coefficient (Wildman–Crippen LogP) is 1.65. The molecule has 0 radical (unpaired) electrons. The normalized spacial score (nSPS) is 29.5. The molecular weight excluding hydrogens is 148 g/mol. The monoisotopic (exact) mass is 170 g/mol. The zero-order chi connectivity index (χ0) is 8.81. The van der Waals surface area contributed by atoms with Crippen LogP contribution < -0.4 is 11.1 Å². The van der Waals surface area contributed by atoms with E-state index in [1.54, 1.807) is 0 Å². The van der Waals surface area contributed by atoms with Gasteiger partial charge in [0.25, 0.3) is 0 Å². The lowest BCUT2D eigenvalue weighted by Crippen LogP contribution is -2.41. The van der Waals surface area contributed by atoms with Crippen molar-refractivity contribution in [3.8, 4) is 0 Å². The van der Waals surface area contributed by atoms with Gasteiger partial charge in [0, 0.05) is 12.1 Å². The zero-order valence-corrected chi connectivity index (χ0v) is 8.18. The molecule has 0 spiro atoms. The van der Waals surface area contributed by atoms with Crippen LogP contribution in [-0.4, -0.2) is 18.6 Å². The van der Waals surface area contributed by atoms with E-state index in [-0.39, 0.29) is 0 Å². The van der Waals surface area contributed by atoms with Gasteiger partial charge in [-0.2, -0.15) is 0 Å². The first-order valence-electron chi connectivity index (χ1n) is 5.33. The molecule has 0 amide bonds. The Morgan fingerprint density at radius 3 is 2.75 bits per heavy atom. The highest BCUT2D eigenvalue weighted by atomic mass is 15.0. The van der Waals surface area contributed by atoms with E-state index in [2.05, 4.69) is 12.2 Å². The summed E-state index contributed by atoms with van der Waals surface area (Å²) in [5.74, 6) is 0. The Morgan fingerprint density at radius 1 is 1.33 bits per heavy atom. The lowest BCUT2D eigenvalue weighted by molar-refractivity contribution is 0.465. The number of nitrogens with one attached hydrogen (secondary N) is 1. The van der Waals surface area contributed by atoms with E-state index in [1.165, 1.54) is 38.5 Å². The molecule has 1 rings (SSSR count). The minimum atomic E-state index is 0.423. The SMILES string of the molecule is CCCCCN[C@@H]1CCC[C@@H]1N. The average Bonchev–Trinajstić information content (AvgIpc) is 2.46. The summed E-state index contributed by atoms with van der Waals surface area (Å²) < 4.78 is 0. The van der Waals surface area contributed by atoms with Gasteiger partial charge in [0.1, 0.15) is 0 Å². The van der Waals surface area contributed by atoms with E-state index in [4.69, 9.17) is 5.73 Å². The van der Waals surface area contributed by atoms with Gasteiger partial charge in [0.15, 0.2) is 0 Å². The van der Waals surface area contributed by atoms with Gasteiger partial charge in [0.05, 0.1) is 0 Å². The van der Waals surface area contributed by atoms with Crippen molar-refractivity contribution in [1.82, 2.24) is 5.32 Å². The summed E-state index contributed by atoms with van der Waals surface area (Å²) in [5, 5.41) is 3.54. The molecule has 1 fully saturated rings. The summed E-state index contributed by atoms with van der Waals surface area (Å²) in [6, 6.07) is 1.04. The van der Waals surface area contributed by atoms with E-state index >= 15 is 0 Å². The van der Waals surface area contributed by atoms with Gasteiger partial charge >= 0.3 is 0 Å². The third-order valence-corrected chi connectivity index (χ3v) is 2.76. The molecule has 0 bridgehead atoms. The van der Waals surface area contributed by atoms with Crippen LogP contribution in [0.2, 0.25) is 0 Å². The van der Waals surface area contributed by atoms with Crippen molar-refractivity contribution in [2.24, 2.45) is 5.73 Å². The summed E-state index contributed by atoms with van der Waals surface area (Å²) in [5.41, 5.74) is 5.93. The van der Waals surface area contributed by atoms with Gasteiger partial charge in [-0.3, -0.25) is 0 Å². The van der Waals surface area contributed by atoms with E-state index < -0.39 is 0 Å². The molecule has 72 valence electrons. The minimum absolute atomic E-state index is 0.423. The summed E-state index contributed by atoms with van der Waals surface area (Å²) in [7, 11) is 0. The average molecular weight is 170 g/mol. The molecule has 0 unspecified atom stereocenters. The molecule has 0 saturated heterocycles. The van der Waals surface area contributed by atoms with E-state index in [1.807, 2.05) is 0 Å². The first-order chi connectivity index (χ1) is 5.84. The van der Waals surface area contributed by atoms with Gasteiger partial charge < -0.3 is 11.1 Å². The standard InChI is InChI=1S/C10H22N2/c1-2-3-4-8-12-10-7-5-6-9(10)11/h9-10,12H,2-8,11H2,1H3/t9-,10+/m0/s1. The lowest BCUT2D eigenvalue weighted by Gasteiger charge is -2.16. The number of rotatable bonds is 5. The van der Waals surface area contributed by atoms with Gasteiger partial charge in [-0.05, 0) is 25.8 Å². The zero-order valence-electron chi connectivity index (χ0n) is 8.18. The minimum Gasteiger partial charge on any atom is -0.326 e. The quantitative estimate of drug-likeness (QED) is 0.616. The second kappa shape index (κ2) is 5.55. The molecule has 0 aromatic rings. The van der Waals surface area contributed by atoms with Crippen LogP contribution in [0, 0.1) is 0 Å². The molecule has 12 heavy (non-hydrogen) atoms. The summed E-state index contributed by atoms with van der Waals surface area (Å²) in [6.45, 7) is 3.40. The fraction of sp³-hybridized carbons (Fsp3) is 1.00. The largest absolute Gasteiger partial charge is 0.326 e. The van der Waals surface area contributed by atoms with Gasteiger partial charge in [-0.15, -0.1) is 0 Å². The molecule has 0 heterocycles. The third-order valence-electron chi connectivity index (χ3n) is 2.76. The lowest BCUT2D eigenvalue weighted by atomic mass is 10.2. The Kier molecular flexibility index (Phi) is 4.62. The Morgan fingerprint density at radius 2 is 2.17 bits per heavy atom. The number of nitrogens with two attached hydrogens (primary N) is 1. The molecule has 0 aromatic carbocycles. The van der Waals surface area contributed by atoms with Crippen LogP contribution in [0.3, 0.4) is 0 Å². The first-order valence-corrected chi connectivity index (χ1v) is 5.33. The Balaban J connectivity index is 1.98. The van der Waals surface area contributed by atoms with Crippen LogP contribution in [0.25, 0.3) is 0 Å². The Labute approximate surface area is 75.9 Å². The summed E-state index contributed by atoms with van der Waals surface area (Å²) in [6.07, 6.45) is 7.76. The second-order valence-corrected chi connectivity index (χ2v) is 3.86. The smallest absolute Gasteiger partial charge is 0.0219 e. The van der Waals surface area contributed by atoms with Crippen molar-refractivity contribution in [2.75, 3.05) is 6.54 Å². The third kappa shape index (κ3) is 3.11. The van der Waals surface area contributed by atoms with Crippen LogP contribution >= 0.6 is 0 Å². The molecule has 3 N–H and O–H groups in total. The summed E-state index contributed by atoms with van der Waals surface area (Å²) in [4.78, 5) is 0. The van der Waals surface area contributed by atoms with Crippen molar-refractivity contribution in [1.29, 1.82) is 0 Å². The molecule has 1 aliphatic carbocycles. The van der Waals surface area contributed by atoms with Crippen LogP contribution in [0.15, 0.2) is 0 Å². The molecule has 0 aromatic heterocycles. The molecule has 1 saturated carbocycles. The Bertz CT molecular complexity index is 114. The van der Waals surface area contributed by atoms with E-state index in [0.29, 0.717) is 12.1 Å². The Hall–Kier alpha value is -0.0800. The van der Waals surface area contributed by atoms with Gasteiger partial charge in [-0.25, -0.2) is 0 Å².